The molecular weight excluding hydrogens is 166 g/mol. The standard InChI is InChI=1S/C10H17NO2/c1-7(2)11-5-3-4-8-6-10(8,11)9(12)13/h7-8H,3-6H2,1-2H3,(H,12,13)/t8-,10?/m1/s1. The Hall–Kier alpha value is -0.570. The van der Waals surface area contributed by atoms with Crippen LogP contribution in [-0.2, 0) is 4.79 Å². The largest absolute Gasteiger partial charge is 0.480 e. The highest BCUT2D eigenvalue weighted by Crippen LogP contribution is 2.54. The first-order valence-corrected chi connectivity index (χ1v) is 5.09. The number of hydrogen-bond acceptors (Lipinski definition) is 2. The van der Waals surface area contributed by atoms with E-state index >= 15 is 0 Å². The number of hydrogen-bond donors (Lipinski definition) is 1. The molecule has 1 unspecified atom stereocenters. The molecule has 1 aliphatic heterocycles. The molecule has 0 bridgehead atoms. The van der Waals surface area contributed by atoms with Gasteiger partial charge in [-0.05, 0) is 45.6 Å². The normalized spacial score (nSPS) is 38.8. The van der Waals surface area contributed by atoms with Crippen molar-refractivity contribution in [3.05, 3.63) is 0 Å². The van der Waals surface area contributed by atoms with Crippen LogP contribution in [0.2, 0.25) is 0 Å². The van der Waals surface area contributed by atoms with Gasteiger partial charge in [0.05, 0.1) is 0 Å². The van der Waals surface area contributed by atoms with Gasteiger partial charge >= 0.3 is 5.97 Å². The van der Waals surface area contributed by atoms with E-state index in [2.05, 4.69) is 18.7 Å². The Kier molecular flexibility index (Phi) is 1.88. The maximum Gasteiger partial charge on any atom is 0.324 e. The number of aliphatic carboxylic acids is 1. The highest BCUT2D eigenvalue weighted by Gasteiger charge is 2.65. The Morgan fingerprint density at radius 3 is 2.77 bits per heavy atom. The zero-order valence-electron chi connectivity index (χ0n) is 8.29. The fourth-order valence-corrected chi connectivity index (χ4v) is 2.82. The molecule has 1 aliphatic carbocycles. The molecule has 0 radical (unpaired) electrons. The van der Waals surface area contributed by atoms with Gasteiger partial charge in [0.15, 0.2) is 0 Å². The van der Waals surface area contributed by atoms with Crippen LogP contribution in [0.25, 0.3) is 0 Å². The van der Waals surface area contributed by atoms with E-state index in [4.69, 9.17) is 0 Å². The zero-order chi connectivity index (χ0) is 9.64. The summed E-state index contributed by atoms with van der Waals surface area (Å²) in [6, 6.07) is 0.362. The van der Waals surface area contributed by atoms with Crippen LogP contribution >= 0.6 is 0 Å². The summed E-state index contributed by atoms with van der Waals surface area (Å²) in [5, 5.41) is 9.22. The molecule has 0 amide bonds. The van der Waals surface area contributed by atoms with Crippen molar-refractivity contribution < 1.29 is 9.90 Å². The first-order valence-electron chi connectivity index (χ1n) is 5.09. The minimum Gasteiger partial charge on any atom is -0.480 e. The van der Waals surface area contributed by atoms with Gasteiger partial charge in [-0.3, -0.25) is 9.69 Å². The van der Waals surface area contributed by atoms with E-state index in [9.17, 15) is 9.90 Å². The van der Waals surface area contributed by atoms with E-state index in [0.29, 0.717) is 12.0 Å². The molecule has 1 saturated heterocycles. The molecule has 0 aromatic rings. The van der Waals surface area contributed by atoms with Crippen LogP contribution < -0.4 is 0 Å². The summed E-state index contributed by atoms with van der Waals surface area (Å²) in [7, 11) is 0. The fourth-order valence-electron chi connectivity index (χ4n) is 2.82. The van der Waals surface area contributed by atoms with Crippen molar-refractivity contribution in [3.8, 4) is 0 Å². The second-order valence-corrected chi connectivity index (χ2v) is 4.56. The lowest BCUT2D eigenvalue weighted by Crippen LogP contribution is -2.51. The predicted molar refractivity (Wildman–Crippen MR) is 49.5 cm³/mol. The second-order valence-electron chi connectivity index (χ2n) is 4.56. The van der Waals surface area contributed by atoms with Crippen LogP contribution in [0.5, 0.6) is 0 Å². The van der Waals surface area contributed by atoms with Gasteiger partial charge in [0.25, 0.3) is 0 Å². The molecule has 1 N–H and O–H groups in total. The van der Waals surface area contributed by atoms with Gasteiger partial charge in [-0.25, -0.2) is 0 Å². The van der Waals surface area contributed by atoms with Gasteiger partial charge in [0.2, 0.25) is 0 Å². The van der Waals surface area contributed by atoms with Gasteiger partial charge < -0.3 is 5.11 Å². The number of carbonyl (C=O) groups is 1. The number of rotatable bonds is 2. The quantitative estimate of drug-likeness (QED) is 0.702. The molecule has 13 heavy (non-hydrogen) atoms. The maximum atomic E-state index is 11.2. The van der Waals surface area contributed by atoms with Gasteiger partial charge in [0.1, 0.15) is 5.54 Å². The fraction of sp³-hybridized carbons (Fsp3) is 0.900. The Balaban J connectivity index is 2.21. The lowest BCUT2D eigenvalue weighted by atomic mass is 10.0. The third-order valence-electron chi connectivity index (χ3n) is 3.53. The van der Waals surface area contributed by atoms with Crippen LogP contribution in [0.4, 0.5) is 0 Å². The average molecular weight is 183 g/mol. The summed E-state index contributed by atoms with van der Waals surface area (Å²) in [6.45, 7) is 5.14. The minimum absolute atomic E-state index is 0.362. The van der Waals surface area contributed by atoms with Crippen LogP contribution in [0.3, 0.4) is 0 Å². The summed E-state index contributed by atoms with van der Waals surface area (Å²) in [5.74, 6) is -0.174. The molecule has 3 nitrogen and oxygen atoms in total. The maximum absolute atomic E-state index is 11.2. The van der Waals surface area contributed by atoms with Crippen LogP contribution in [0.15, 0.2) is 0 Å². The minimum atomic E-state index is -0.606. The number of piperidine rings is 1. The zero-order valence-corrected chi connectivity index (χ0v) is 8.29. The number of carboxylic acids is 1. The lowest BCUT2D eigenvalue weighted by molar-refractivity contribution is -0.148. The highest BCUT2D eigenvalue weighted by atomic mass is 16.4. The van der Waals surface area contributed by atoms with Crippen molar-refractivity contribution in [2.45, 2.75) is 44.7 Å². The van der Waals surface area contributed by atoms with Crippen molar-refractivity contribution in [1.82, 2.24) is 4.90 Å². The van der Waals surface area contributed by atoms with Crippen molar-refractivity contribution in [2.75, 3.05) is 6.54 Å². The Bertz CT molecular complexity index is 239. The lowest BCUT2D eigenvalue weighted by Gasteiger charge is -2.36. The third kappa shape index (κ3) is 1.10. The molecule has 0 spiro atoms. The van der Waals surface area contributed by atoms with Crippen molar-refractivity contribution >= 4 is 5.97 Å². The molecule has 2 atom stereocenters. The summed E-state index contributed by atoms with van der Waals surface area (Å²) >= 11 is 0. The highest BCUT2D eigenvalue weighted by molar-refractivity contribution is 5.83. The van der Waals surface area contributed by atoms with Gasteiger partial charge in [-0.1, -0.05) is 0 Å². The van der Waals surface area contributed by atoms with Crippen LogP contribution in [0.1, 0.15) is 33.1 Å². The molecular formula is C10H17NO2. The summed E-state index contributed by atoms with van der Waals surface area (Å²) in [5.41, 5.74) is -0.466. The summed E-state index contributed by atoms with van der Waals surface area (Å²) < 4.78 is 0. The second kappa shape index (κ2) is 2.71. The van der Waals surface area contributed by atoms with Gasteiger partial charge in [0, 0.05) is 6.04 Å². The van der Waals surface area contributed by atoms with E-state index in [-0.39, 0.29) is 0 Å². The van der Waals surface area contributed by atoms with E-state index in [0.717, 1.165) is 25.8 Å². The Morgan fingerprint density at radius 2 is 2.31 bits per heavy atom. The molecule has 1 heterocycles. The van der Waals surface area contributed by atoms with E-state index in [1.54, 1.807) is 0 Å². The van der Waals surface area contributed by atoms with E-state index < -0.39 is 11.5 Å². The number of likely N-dealkylation sites (tertiary alicyclic amines) is 1. The number of fused-ring (bicyclic) bond motifs is 1. The molecule has 2 fully saturated rings. The predicted octanol–water partition coefficient (Wildman–Crippen LogP) is 1.33. The van der Waals surface area contributed by atoms with Crippen LogP contribution in [-0.4, -0.2) is 34.1 Å². The molecule has 0 aromatic carbocycles. The van der Waals surface area contributed by atoms with E-state index in [1.807, 2.05) is 0 Å². The number of carboxylic acid groups (broad SMARTS) is 1. The topological polar surface area (TPSA) is 40.5 Å². The molecule has 0 aromatic heterocycles. The summed E-state index contributed by atoms with van der Waals surface area (Å²) in [6.07, 6.45) is 3.15. The van der Waals surface area contributed by atoms with Crippen LogP contribution in [0, 0.1) is 5.92 Å². The average Bonchev–Trinajstić information content (AvgIpc) is 2.77. The number of nitrogens with zero attached hydrogens (tertiary/aromatic N) is 1. The SMILES string of the molecule is CC(C)N1CCC[C@@H]2CC21C(=O)O. The molecule has 2 aliphatic rings. The third-order valence-corrected chi connectivity index (χ3v) is 3.53. The van der Waals surface area contributed by atoms with Crippen molar-refractivity contribution in [1.29, 1.82) is 0 Å². The van der Waals surface area contributed by atoms with Gasteiger partial charge in [-0.15, -0.1) is 0 Å². The molecule has 74 valence electrons. The van der Waals surface area contributed by atoms with Crippen molar-refractivity contribution in [3.63, 3.8) is 0 Å². The molecule has 1 saturated carbocycles. The van der Waals surface area contributed by atoms with E-state index in [1.165, 1.54) is 0 Å². The smallest absolute Gasteiger partial charge is 0.324 e. The van der Waals surface area contributed by atoms with Crippen molar-refractivity contribution in [2.24, 2.45) is 5.92 Å². The Morgan fingerprint density at radius 1 is 1.62 bits per heavy atom. The van der Waals surface area contributed by atoms with Gasteiger partial charge in [-0.2, -0.15) is 0 Å². The monoisotopic (exact) mass is 183 g/mol. The first-order chi connectivity index (χ1) is 6.09. The molecule has 3 heteroatoms. The first kappa shape index (κ1) is 9.00. The Labute approximate surface area is 78.7 Å². The molecule has 2 rings (SSSR count). The summed E-state index contributed by atoms with van der Waals surface area (Å²) in [4.78, 5) is 13.4.